The fourth-order valence-corrected chi connectivity index (χ4v) is 5.00. The third-order valence-electron chi connectivity index (χ3n) is 5.07. The number of hydrogen-bond donors (Lipinski definition) is 0. The summed E-state index contributed by atoms with van der Waals surface area (Å²) in [7, 11) is 1.63. The zero-order valence-corrected chi connectivity index (χ0v) is 17.5. The Morgan fingerprint density at radius 1 is 1.39 bits per heavy atom. The maximum atomic E-state index is 12.7. The number of nitrogens with zero attached hydrogens (tertiary/aromatic N) is 4. The number of fused-ring (bicyclic) bond motifs is 1. The summed E-state index contributed by atoms with van der Waals surface area (Å²) in [6.45, 7) is 1.55. The van der Waals surface area contributed by atoms with Gasteiger partial charge in [-0.2, -0.15) is 5.26 Å². The van der Waals surface area contributed by atoms with Gasteiger partial charge in [-0.1, -0.05) is 31.0 Å². The van der Waals surface area contributed by atoms with Gasteiger partial charge < -0.3 is 9.64 Å². The molecule has 3 rings (SSSR count). The summed E-state index contributed by atoms with van der Waals surface area (Å²) < 4.78 is 5.33. The van der Waals surface area contributed by atoms with E-state index in [0.29, 0.717) is 17.9 Å². The fourth-order valence-electron chi connectivity index (χ4n) is 3.43. The first-order valence-electron chi connectivity index (χ1n) is 9.16. The van der Waals surface area contributed by atoms with Gasteiger partial charge in [0.05, 0.1) is 11.8 Å². The highest BCUT2D eigenvalue weighted by Crippen LogP contribution is 2.33. The average molecular weight is 419 g/mol. The van der Waals surface area contributed by atoms with Crippen molar-refractivity contribution >= 4 is 45.2 Å². The maximum Gasteiger partial charge on any atom is 0.317 e. The molecule has 1 aliphatic carbocycles. The topological polar surface area (TPSA) is 96.2 Å². The summed E-state index contributed by atoms with van der Waals surface area (Å²) in [5, 5.41) is 13.2. The van der Waals surface area contributed by atoms with Crippen LogP contribution in [0.15, 0.2) is 22.8 Å². The monoisotopic (exact) mass is 418 g/mol. The van der Waals surface area contributed by atoms with Crippen molar-refractivity contribution in [1.82, 2.24) is 14.9 Å². The molecule has 1 atom stereocenters. The fraction of sp³-hybridized carbons (Fsp3) is 0.526. The predicted octanol–water partition coefficient (Wildman–Crippen LogP) is 3.40. The van der Waals surface area contributed by atoms with E-state index in [1.54, 1.807) is 14.0 Å². The summed E-state index contributed by atoms with van der Waals surface area (Å²) >= 11 is 2.77. The number of likely N-dealkylation sites (N-methyl/N-ethyl adjacent to an activating group) is 1. The molecule has 148 valence electrons. The molecule has 0 N–H and O–H groups in total. The number of carbonyl (C=O) groups is 2. The highest BCUT2D eigenvalue weighted by Gasteiger charge is 2.40. The van der Waals surface area contributed by atoms with Crippen molar-refractivity contribution in [2.75, 3.05) is 12.8 Å². The number of nitriles is 1. The Hall–Kier alpha value is -2.18. The number of thiophene rings is 1. The molecule has 0 aliphatic heterocycles. The van der Waals surface area contributed by atoms with Crippen LogP contribution < -0.4 is 0 Å². The molecule has 1 aliphatic rings. The SMILES string of the molecule is C[C@@H](OC(=O)CSc1ncnc2sccc12)C(=O)N(C)C1(C#N)CCCCC1. The first-order valence-corrected chi connectivity index (χ1v) is 11.0. The zero-order chi connectivity index (χ0) is 20.1. The van der Waals surface area contributed by atoms with Crippen molar-refractivity contribution in [3.63, 3.8) is 0 Å². The number of carbonyl (C=O) groups excluding carboxylic acids is 2. The third-order valence-corrected chi connectivity index (χ3v) is 6.87. The molecule has 0 aromatic carbocycles. The predicted molar refractivity (Wildman–Crippen MR) is 108 cm³/mol. The van der Waals surface area contributed by atoms with Crippen molar-refractivity contribution in [3.05, 3.63) is 17.8 Å². The van der Waals surface area contributed by atoms with E-state index < -0.39 is 17.6 Å². The van der Waals surface area contributed by atoms with Crippen LogP contribution in [0.5, 0.6) is 0 Å². The Labute approximate surface area is 172 Å². The summed E-state index contributed by atoms with van der Waals surface area (Å²) in [5.74, 6) is -0.785. The molecule has 1 saturated carbocycles. The quantitative estimate of drug-likeness (QED) is 0.403. The molecule has 7 nitrogen and oxygen atoms in total. The number of ether oxygens (including phenoxy) is 1. The molecule has 0 unspecified atom stereocenters. The van der Waals surface area contributed by atoms with Gasteiger partial charge in [-0.15, -0.1) is 11.3 Å². The van der Waals surface area contributed by atoms with E-state index in [4.69, 9.17) is 4.74 Å². The second-order valence-electron chi connectivity index (χ2n) is 6.84. The molecular formula is C19H22N4O3S2. The van der Waals surface area contributed by atoms with Crippen molar-refractivity contribution in [1.29, 1.82) is 5.26 Å². The summed E-state index contributed by atoms with van der Waals surface area (Å²) in [4.78, 5) is 35.7. The lowest BCUT2D eigenvalue weighted by Crippen LogP contribution is -2.53. The van der Waals surface area contributed by atoms with Gasteiger partial charge in [-0.25, -0.2) is 9.97 Å². The molecule has 2 aromatic rings. The number of hydrogen-bond acceptors (Lipinski definition) is 8. The molecule has 2 aromatic heterocycles. The second kappa shape index (κ2) is 8.88. The first kappa shape index (κ1) is 20.6. The summed E-state index contributed by atoms with van der Waals surface area (Å²) in [6.07, 6.45) is 4.78. The molecule has 1 fully saturated rings. The van der Waals surface area contributed by atoms with Crippen LogP contribution in [0, 0.1) is 11.3 Å². The van der Waals surface area contributed by atoms with Crippen LogP contribution >= 0.6 is 23.1 Å². The molecule has 0 bridgehead atoms. The molecule has 28 heavy (non-hydrogen) atoms. The van der Waals surface area contributed by atoms with E-state index in [2.05, 4.69) is 16.0 Å². The van der Waals surface area contributed by atoms with Crippen LogP contribution in [0.3, 0.4) is 0 Å². The minimum Gasteiger partial charge on any atom is -0.452 e. The Morgan fingerprint density at radius 3 is 2.86 bits per heavy atom. The lowest BCUT2D eigenvalue weighted by atomic mass is 9.81. The third kappa shape index (κ3) is 4.28. The molecule has 2 heterocycles. The van der Waals surface area contributed by atoms with Crippen molar-refractivity contribution in [3.8, 4) is 6.07 Å². The number of aromatic nitrogens is 2. The van der Waals surface area contributed by atoms with Gasteiger partial charge in [0.15, 0.2) is 6.10 Å². The molecule has 0 radical (unpaired) electrons. The maximum absolute atomic E-state index is 12.7. The Kier molecular flexibility index (Phi) is 6.52. The van der Waals surface area contributed by atoms with Gasteiger partial charge in [-0.3, -0.25) is 9.59 Å². The number of esters is 1. The first-order chi connectivity index (χ1) is 13.5. The minimum absolute atomic E-state index is 0.0483. The summed E-state index contributed by atoms with van der Waals surface area (Å²) in [5.41, 5.74) is -0.795. The standard InChI is InChI=1S/C19H22N4O3S2/c1-13(18(25)23(2)19(11-20)7-4-3-5-8-19)26-15(24)10-28-17-14-6-9-27-16(14)21-12-22-17/h6,9,12-13H,3-5,7-8,10H2,1-2H3/t13-/m1/s1. The Bertz CT molecular complexity index is 902. The number of thioether (sulfide) groups is 1. The molecule has 9 heteroatoms. The van der Waals surface area contributed by atoms with Crippen LogP contribution in [0.4, 0.5) is 0 Å². The molecule has 0 saturated heterocycles. The van der Waals surface area contributed by atoms with Crippen LogP contribution in [0.25, 0.3) is 10.2 Å². The second-order valence-corrected chi connectivity index (χ2v) is 8.70. The molecular weight excluding hydrogens is 396 g/mol. The van der Waals surface area contributed by atoms with E-state index >= 15 is 0 Å². The van der Waals surface area contributed by atoms with Crippen molar-refractivity contribution in [2.45, 2.75) is 55.7 Å². The van der Waals surface area contributed by atoms with Gasteiger partial charge in [-0.05, 0) is 31.2 Å². The lowest BCUT2D eigenvalue weighted by Gasteiger charge is -2.39. The minimum atomic E-state index is -0.934. The van der Waals surface area contributed by atoms with Crippen molar-refractivity contribution < 1.29 is 14.3 Å². The highest BCUT2D eigenvalue weighted by molar-refractivity contribution is 8.00. The Balaban J connectivity index is 1.57. The molecule has 1 amide bonds. The number of amides is 1. The van der Waals surface area contributed by atoms with Gasteiger partial charge in [0.1, 0.15) is 21.7 Å². The van der Waals surface area contributed by atoms with Gasteiger partial charge in [0, 0.05) is 12.4 Å². The van der Waals surface area contributed by atoms with Gasteiger partial charge >= 0.3 is 5.97 Å². The van der Waals surface area contributed by atoms with E-state index in [1.807, 2.05) is 11.4 Å². The van der Waals surface area contributed by atoms with E-state index in [0.717, 1.165) is 29.5 Å². The van der Waals surface area contributed by atoms with Gasteiger partial charge in [0.25, 0.3) is 5.91 Å². The van der Waals surface area contributed by atoms with E-state index in [-0.39, 0.29) is 11.7 Å². The highest BCUT2D eigenvalue weighted by atomic mass is 32.2. The summed E-state index contributed by atoms with van der Waals surface area (Å²) in [6, 6.07) is 4.23. The van der Waals surface area contributed by atoms with Gasteiger partial charge in [0.2, 0.25) is 0 Å². The van der Waals surface area contributed by atoms with Crippen LogP contribution in [-0.4, -0.2) is 51.2 Å². The number of rotatable bonds is 6. The smallest absolute Gasteiger partial charge is 0.317 e. The van der Waals surface area contributed by atoms with Crippen LogP contribution in [-0.2, 0) is 14.3 Å². The molecule has 0 spiro atoms. The van der Waals surface area contributed by atoms with Crippen molar-refractivity contribution in [2.24, 2.45) is 0 Å². The van der Waals surface area contributed by atoms with Crippen LogP contribution in [0.1, 0.15) is 39.0 Å². The Morgan fingerprint density at radius 2 is 2.14 bits per heavy atom. The normalized spacial score (nSPS) is 16.9. The zero-order valence-electron chi connectivity index (χ0n) is 15.9. The van der Waals surface area contributed by atoms with Crippen LogP contribution in [0.2, 0.25) is 0 Å². The van der Waals surface area contributed by atoms with E-state index in [9.17, 15) is 14.9 Å². The lowest BCUT2D eigenvalue weighted by molar-refractivity contribution is -0.159. The van der Waals surface area contributed by atoms with E-state index in [1.165, 1.54) is 34.3 Å². The largest absolute Gasteiger partial charge is 0.452 e. The average Bonchev–Trinajstić information content (AvgIpc) is 3.21.